The monoisotopic (exact) mass is 529 g/mol. The normalized spacial score (nSPS) is 17.7. The Hall–Kier alpha value is -3.82. The summed E-state index contributed by atoms with van der Waals surface area (Å²) in [5.41, 5.74) is -1.70. The summed E-state index contributed by atoms with van der Waals surface area (Å²) in [5, 5.41) is 5.81. The summed E-state index contributed by atoms with van der Waals surface area (Å²) in [6.07, 6.45) is -1.16. The predicted molar refractivity (Wildman–Crippen MR) is 131 cm³/mol. The van der Waals surface area contributed by atoms with Gasteiger partial charge in [-0.05, 0) is 44.2 Å². The van der Waals surface area contributed by atoms with Crippen molar-refractivity contribution >= 4 is 17.5 Å². The molecule has 0 radical (unpaired) electrons. The first-order valence-electron chi connectivity index (χ1n) is 12.5. The maximum Gasteiger partial charge on any atom is 0.435 e. The van der Waals surface area contributed by atoms with Crippen LogP contribution in [-0.2, 0) is 11.0 Å². The minimum atomic E-state index is -4.92. The van der Waals surface area contributed by atoms with E-state index in [0.29, 0.717) is 35.9 Å². The summed E-state index contributed by atoms with van der Waals surface area (Å²) >= 11 is 0. The average Bonchev–Trinajstić information content (AvgIpc) is 3.38. The van der Waals surface area contributed by atoms with E-state index in [0.717, 1.165) is 12.3 Å². The van der Waals surface area contributed by atoms with Crippen molar-refractivity contribution in [2.24, 2.45) is 11.8 Å². The van der Waals surface area contributed by atoms with Crippen molar-refractivity contribution in [3.05, 3.63) is 83.4 Å². The number of rotatable bonds is 9. The number of Topliss-reactive ketones (excluding diaryl/α,β-unsaturated/α-hetero) is 2. The Balaban J connectivity index is 1.27. The van der Waals surface area contributed by atoms with Crippen molar-refractivity contribution in [2.45, 2.75) is 44.7 Å². The van der Waals surface area contributed by atoms with Gasteiger partial charge < -0.3 is 5.32 Å². The number of alkyl halides is 3. The number of hydrogen-bond donors (Lipinski definition) is 1. The molecule has 200 valence electrons. The molecular weight excluding hydrogens is 502 g/mol. The summed E-state index contributed by atoms with van der Waals surface area (Å²) < 4.78 is 55.2. The molecule has 3 aromatic rings. The molecule has 1 aromatic heterocycles. The lowest BCUT2D eigenvalue weighted by Gasteiger charge is -2.26. The van der Waals surface area contributed by atoms with Crippen LogP contribution in [0.25, 0.3) is 5.69 Å². The molecule has 1 saturated carbocycles. The quantitative estimate of drug-likeness (QED) is 0.216. The van der Waals surface area contributed by atoms with Gasteiger partial charge in [-0.3, -0.25) is 14.4 Å². The molecule has 0 bridgehead atoms. The number of halogens is 4. The topological polar surface area (TPSA) is 81.1 Å². The first-order valence-corrected chi connectivity index (χ1v) is 12.5. The fourth-order valence-electron chi connectivity index (χ4n) is 4.79. The number of hydrogen-bond acceptors (Lipinski definition) is 4. The van der Waals surface area contributed by atoms with Gasteiger partial charge >= 0.3 is 6.18 Å². The van der Waals surface area contributed by atoms with Crippen molar-refractivity contribution in [3.63, 3.8) is 0 Å². The van der Waals surface area contributed by atoms with Crippen LogP contribution in [0.3, 0.4) is 0 Å². The van der Waals surface area contributed by atoms with Crippen molar-refractivity contribution < 1.29 is 31.9 Å². The Morgan fingerprint density at radius 3 is 2.21 bits per heavy atom. The first kappa shape index (κ1) is 27.2. The summed E-state index contributed by atoms with van der Waals surface area (Å²) in [4.78, 5) is 37.8. The van der Waals surface area contributed by atoms with E-state index in [1.54, 1.807) is 12.1 Å². The summed E-state index contributed by atoms with van der Waals surface area (Å²) in [5.74, 6) is -1.95. The Bertz CT molecular complexity index is 1300. The maximum atomic E-state index is 14.0. The van der Waals surface area contributed by atoms with Crippen molar-refractivity contribution in [2.75, 3.05) is 6.54 Å². The zero-order valence-corrected chi connectivity index (χ0v) is 20.5. The van der Waals surface area contributed by atoms with Crippen LogP contribution in [0.1, 0.15) is 64.9 Å². The molecule has 0 spiro atoms. The number of nitrogens with one attached hydrogen (secondary N) is 1. The number of benzene rings is 2. The van der Waals surface area contributed by atoms with Gasteiger partial charge in [0.1, 0.15) is 17.3 Å². The van der Waals surface area contributed by atoms with Gasteiger partial charge in [-0.25, -0.2) is 9.07 Å². The Labute approximate surface area is 217 Å². The maximum absolute atomic E-state index is 14.0. The molecule has 0 aliphatic heterocycles. The van der Waals surface area contributed by atoms with E-state index in [1.165, 1.54) is 18.2 Å². The lowest BCUT2D eigenvalue weighted by Crippen LogP contribution is -2.28. The number of para-hydroxylation sites is 1. The molecule has 1 heterocycles. The number of nitrogens with zero attached hydrogens (tertiary/aromatic N) is 2. The van der Waals surface area contributed by atoms with Crippen LogP contribution in [0, 0.1) is 17.7 Å². The van der Waals surface area contributed by atoms with Crippen LogP contribution >= 0.6 is 0 Å². The second kappa shape index (κ2) is 11.7. The largest absolute Gasteiger partial charge is 0.435 e. The highest BCUT2D eigenvalue weighted by molar-refractivity contribution is 5.98. The molecule has 0 unspecified atom stereocenters. The molecule has 0 atom stereocenters. The van der Waals surface area contributed by atoms with Crippen LogP contribution < -0.4 is 5.32 Å². The third-order valence-corrected chi connectivity index (χ3v) is 6.82. The van der Waals surface area contributed by atoms with E-state index in [2.05, 4.69) is 10.4 Å². The smallest absolute Gasteiger partial charge is 0.352 e. The minimum Gasteiger partial charge on any atom is -0.352 e. The Morgan fingerprint density at radius 2 is 1.55 bits per heavy atom. The van der Waals surface area contributed by atoms with E-state index in [-0.39, 0.29) is 48.5 Å². The fraction of sp³-hybridized carbons (Fsp3) is 0.357. The molecule has 1 fully saturated rings. The number of amides is 1. The van der Waals surface area contributed by atoms with Crippen LogP contribution in [0.4, 0.5) is 17.6 Å². The molecule has 6 nitrogen and oxygen atoms in total. The van der Waals surface area contributed by atoms with Gasteiger partial charge in [0, 0.05) is 36.6 Å². The molecule has 0 saturated heterocycles. The van der Waals surface area contributed by atoms with E-state index >= 15 is 0 Å². The van der Waals surface area contributed by atoms with E-state index in [4.69, 9.17) is 0 Å². The second-order valence-electron chi connectivity index (χ2n) is 9.39. The number of carbonyl (C=O) groups excluding carboxylic acids is 3. The van der Waals surface area contributed by atoms with E-state index < -0.39 is 29.2 Å². The summed E-state index contributed by atoms with van der Waals surface area (Å²) in [6.45, 7) is -0.00537. The van der Waals surface area contributed by atoms with Crippen molar-refractivity contribution in [3.8, 4) is 5.69 Å². The molecule has 38 heavy (non-hydrogen) atoms. The number of aromatic nitrogens is 2. The standard InChI is InChI=1S/C28H27F4N3O3/c29-22-9-4-5-10-23(22)35-17-21(26(34-35)28(30,31)32)27(38)33-16-6-11-24(36)18-12-14-20(15-13-18)25(37)19-7-2-1-3-8-19/h1-5,7-10,17-18,20H,6,11-16H2,(H,33,38). The first-order chi connectivity index (χ1) is 18.1. The number of ketones is 2. The highest BCUT2D eigenvalue weighted by Crippen LogP contribution is 2.33. The molecule has 2 aromatic carbocycles. The zero-order valence-electron chi connectivity index (χ0n) is 20.5. The minimum absolute atomic E-state index is 0.00537. The van der Waals surface area contributed by atoms with Gasteiger partial charge in [0.05, 0.1) is 5.56 Å². The fourth-order valence-corrected chi connectivity index (χ4v) is 4.79. The van der Waals surface area contributed by atoms with Crippen LogP contribution in [0.5, 0.6) is 0 Å². The van der Waals surface area contributed by atoms with Gasteiger partial charge in [-0.15, -0.1) is 0 Å². The highest BCUT2D eigenvalue weighted by atomic mass is 19.4. The highest BCUT2D eigenvalue weighted by Gasteiger charge is 2.39. The van der Waals surface area contributed by atoms with Crippen LogP contribution in [0.2, 0.25) is 0 Å². The Kier molecular flexibility index (Phi) is 8.38. The molecule has 4 rings (SSSR count). The molecule has 1 aliphatic rings. The summed E-state index contributed by atoms with van der Waals surface area (Å²) in [6, 6.07) is 14.2. The van der Waals surface area contributed by atoms with Crippen LogP contribution in [-0.4, -0.2) is 33.8 Å². The van der Waals surface area contributed by atoms with Gasteiger partial charge in [-0.1, -0.05) is 42.5 Å². The summed E-state index contributed by atoms with van der Waals surface area (Å²) in [7, 11) is 0. The average molecular weight is 530 g/mol. The third-order valence-electron chi connectivity index (χ3n) is 6.82. The number of carbonyl (C=O) groups is 3. The lowest BCUT2D eigenvalue weighted by molar-refractivity contribution is -0.141. The second-order valence-corrected chi connectivity index (χ2v) is 9.39. The van der Waals surface area contributed by atoms with Gasteiger partial charge in [0.25, 0.3) is 5.91 Å². The zero-order chi connectivity index (χ0) is 27.3. The molecule has 1 aliphatic carbocycles. The van der Waals surface area contributed by atoms with E-state index in [9.17, 15) is 31.9 Å². The molecular formula is C28H27F4N3O3. The SMILES string of the molecule is O=C(NCCCC(=O)C1CCC(C(=O)c2ccccc2)CC1)c1cn(-c2ccccc2F)nc1C(F)(F)F. The third kappa shape index (κ3) is 6.35. The van der Waals surface area contributed by atoms with E-state index in [1.807, 2.05) is 18.2 Å². The van der Waals surface area contributed by atoms with Gasteiger partial charge in [0.2, 0.25) is 0 Å². The van der Waals surface area contributed by atoms with Crippen molar-refractivity contribution in [1.29, 1.82) is 0 Å². The van der Waals surface area contributed by atoms with Crippen LogP contribution in [0.15, 0.2) is 60.8 Å². The molecule has 10 heteroatoms. The molecule has 1 amide bonds. The predicted octanol–water partition coefficient (Wildman–Crippen LogP) is 5.80. The lowest BCUT2D eigenvalue weighted by atomic mass is 9.76. The van der Waals surface area contributed by atoms with Gasteiger partial charge in [-0.2, -0.15) is 18.3 Å². The van der Waals surface area contributed by atoms with Gasteiger partial charge in [0.15, 0.2) is 11.5 Å². The molecule has 1 N–H and O–H groups in total. The van der Waals surface area contributed by atoms with Crippen molar-refractivity contribution in [1.82, 2.24) is 15.1 Å². The Morgan fingerprint density at radius 1 is 0.921 bits per heavy atom.